The van der Waals surface area contributed by atoms with Gasteiger partial charge >= 0.3 is 5.97 Å². The number of halogens is 1. The Balaban J connectivity index is 2.76. The van der Waals surface area contributed by atoms with E-state index in [0.717, 1.165) is 0 Å². The molecule has 1 heterocycles. The Hall–Kier alpha value is -1.80. The van der Waals surface area contributed by atoms with Crippen molar-refractivity contribution in [3.05, 3.63) is 22.8 Å². The van der Waals surface area contributed by atoms with Crippen LogP contribution in [0, 0.1) is 17.2 Å². The Morgan fingerprint density at radius 3 is 3.00 bits per heavy atom. The van der Waals surface area contributed by atoms with Crippen molar-refractivity contribution < 1.29 is 9.90 Å². The van der Waals surface area contributed by atoms with Crippen molar-refractivity contribution in [2.45, 2.75) is 13.3 Å². The highest BCUT2D eigenvalue weighted by Gasteiger charge is 2.16. The predicted octanol–water partition coefficient (Wildman–Crippen LogP) is 2.13. The van der Waals surface area contributed by atoms with Crippen LogP contribution in [0.1, 0.15) is 18.9 Å². The fraction of sp³-hybridized carbons (Fsp3) is 0.364. The first-order valence-electron chi connectivity index (χ1n) is 5.11. The summed E-state index contributed by atoms with van der Waals surface area (Å²) in [5, 5.41) is 20.7. The minimum Gasteiger partial charge on any atom is -0.481 e. The minimum absolute atomic E-state index is 0.218. The Labute approximate surface area is 104 Å². The lowest BCUT2D eigenvalue weighted by atomic mass is 10.1. The SMILES string of the molecule is CCC(CNc1nccc(C#N)c1Cl)C(=O)O. The fourth-order valence-electron chi connectivity index (χ4n) is 1.28. The average Bonchev–Trinajstić information content (AvgIpc) is 2.31. The molecule has 1 rings (SSSR count). The number of nitrogens with zero attached hydrogens (tertiary/aromatic N) is 2. The molecule has 2 N–H and O–H groups in total. The molecule has 0 amide bonds. The number of carboxylic acids is 1. The molecule has 5 nitrogen and oxygen atoms in total. The molecule has 1 aromatic rings. The van der Waals surface area contributed by atoms with Crippen molar-refractivity contribution >= 4 is 23.4 Å². The molecule has 17 heavy (non-hydrogen) atoms. The van der Waals surface area contributed by atoms with Gasteiger partial charge in [0, 0.05) is 12.7 Å². The molecule has 0 bridgehead atoms. The van der Waals surface area contributed by atoms with Gasteiger partial charge in [-0.25, -0.2) is 4.98 Å². The molecule has 0 aliphatic carbocycles. The van der Waals surface area contributed by atoms with Crippen molar-refractivity contribution in [3.63, 3.8) is 0 Å². The van der Waals surface area contributed by atoms with Gasteiger partial charge in [-0.1, -0.05) is 18.5 Å². The Morgan fingerprint density at radius 2 is 2.47 bits per heavy atom. The first kappa shape index (κ1) is 13.3. The van der Waals surface area contributed by atoms with E-state index in [1.54, 1.807) is 6.92 Å². The summed E-state index contributed by atoms with van der Waals surface area (Å²) in [5.41, 5.74) is 0.313. The van der Waals surface area contributed by atoms with Gasteiger partial charge in [0.25, 0.3) is 0 Å². The summed E-state index contributed by atoms with van der Waals surface area (Å²) in [6.07, 6.45) is 1.96. The monoisotopic (exact) mass is 253 g/mol. The van der Waals surface area contributed by atoms with Crippen molar-refractivity contribution in [2.75, 3.05) is 11.9 Å². The number of anilines is 1. The second-order valence-electron chi connectivity index (χ2n) is 3.46. The van der Waals surface area contributed by atoms with E-state index in [0.29, 0.717) is 17.8 Å². The Morgan fingerprint density at radius 1 is 1.76 bits per heavy atom. The molecule has 1 unspecified atom stereocenters. The molecule has 1 atom stereocenters. The molecule has 0 aliphatic heterocycles. The number of carboxylic acid groups (broad SMARTS) is 1. The van der Waals surface area contributed by atoms with E-state index in [4.69, 9.17) is 22.0 Å². The van der Waals surface area contributed by atoms with Gasteiger partial charge in [0.2, 0.25) is 0 Å². The maximum absolute atomic E-state index is 10.8. The standard InChI is InChI=1S/C11H12ClN3O2/c1-2-7(11(16)17)6-15-10-9(12)8(5-13)3-4-14-10/h3-4,7H,2,6H2,1H3,(H,14,15)(H,16,17). The highest BCUT2D eigenvalue weighted by molar-refractivity contribution is 6.34. The zero-order chi connectivity index (χ0) is 12.8. The molecule has 0 radical (unpaired) electrons. The van der Waals surface area contributed by atoms with Crippen molar-refractivity contribution in [1.82, 2.24) is 4.98 Å². The van der Waals surface area contributed by atoms with Crippen molar-refractivity contribution in [1.29, 1.82) is 5.26 Å². The second-order valence-corrected chi connectivity index (χ2v) is 3.84. The van der Waals surface area contributed by atoms with Crippen LogP contribution in [0.5, 0.6) is 0 Å². The number of hydrogen-bond acceptors (Lipinski definition) is 4. The van der Waals surface area contributed by atoms with Crippen LogP contribution >= 0.6 is 11.6 Å². The third-order valence-electron chi connectivity index (χ3n) is 2.37. The Kier molecular flexibility index (Phi) is 4.73. The van der Waals surface area contributed by atoms with Crippen LogP contribution in [0.15, 0.2) is 12.3 Å². The molecule has 0 spiro atoms. The van der Waals surface area contributed by atoms with Gasteiger partial charge in [-0.2, -0.15) is 5.26 Å². The third-order valence-corrected chi connectivity index (χ3v) is 2.75. The largest absolute Gasteiger partial charge is 0.481 e. The van der Waals surface area contributed by atoms with Gasteiger partial charge in [0.05, 0.1) is 11.5 Å². The van der Waals surface area contributed by atoms with Gasteiger partial charge in [0.15, 0.2) is 0 Å². The number of hydrogen-bond donors (Lipinski definition) is 2. The topological polar surface area (TPSA) is 86.0 Å². The number of pyridine rings is 1. The van der Waals surface area contributed by atoms with Crippen LogP contribution in [0.25, 0.3) is 0 Å². The number of rotatable bonds is 5. The van der Waals surface area contributed by atoms with Crippen LogP contribution in [0.4, 0.5) is 5.82 Å². The Bertz CT molecular complexity index is 457. The maximum Gasteiger partial charge on any atom is 0.308 e. The van der Waals surface area contributed by atoms with E-state index in [-0.39, 0.29) is 11.6 Å². The molecule has 90 valence electrons. The average molecular weight is 254 g/mol. The molecule has 6 heteroatoms. The highest BCUT2D eigenvalue weighted by atomic mass is 35.5. The first-order valence-corrected chi connectivity index (χ1v) is 5.49. The summed E-state index contributed by atoms with van der Waals surface area (Å²) in [6, 6.07) is 3.43. The van der Waals surface area contributed by atoms with E-state index < -0.39 is 11.9 Å². The zero-order valence-corrected chi connectivity index (χ0v) is 10.0. The first-order chi connectivity index (χ1) is 8.10. The molecule has 0 aromatic carbocycles. The molecule has 0 fully saturated rings. The van der Waals surface area contributed by atoms with E-state index in [1.807, 2.05) is 6.07 Å². The van der Waals surface area contributed by atoms with Crippen LogP contribution in [-0.4, -0.2) is 22.6 Å². The quantitative estimate of drug-likeness (QED) is 0.840. The lowest BCUT2D eigenvalue weighted by Gasteiger charge is -2.12. The number of aliphatic carboxylic acids is 1. The predicted molar refractivity (Wildman–Crippen MR) is 63.9 cm³/mol. The lowest BCUT2D eigenvalue weighted by Crippen LogP contribution is -2.22. The zero-order valence-electron chi connectivity index (χ0n) is 9.27. The van der Waals surface area contributed by atoms with E-state index in [1.165, 1.54) is 12.3 Å². The summed E-state index contributed by atoms with van der Waals surface area (Å²) >= 11 is 5.92. The van der Waals surface area contributed by atoms with Gasteiger partial charge in [0.1, 0.15) is 16.9 Å². The molecule has 0 aliphatic rings. The van der Waals surface area contributed by atoms with Crippen molar-refractivity contribution in [2.24, 2.45) is 5.92 Å². The summed E-state index contributed by atoms with van der Waals surface area (Å²) in [4.78, 5) is 14.8. The number of nitrogens with one attached hydrogen (secondary N) is 1. The van der Waals surface area contributed by atoms with Crippen LogP contribution in [0.3, 0.4) is 0 Å². The fourth-order valence-corrected chi connectivity index (χ4v) is 1.50. The van der Waals surface area contributed by atoms with E-state index in [9.17, 15) is 4.79 Å². The van der Waals surface area contributed by atoms with Crippen LogP contribution < -0.4 is 5.32 Å². The summed E-state index contributed by atoms with van der Waals surface area (Å²) < 4.78 is 0. The summed E-state index contributed by atoms with van der Waals surface area (Å²) in [7, 11) is 0. The molecular formula is C11H12ClN3O2. The van der Waals surface area contributed by atoms with Gasteiger partial charge in [-0.15, -0.1) is 0 Å². The van der Waals surface area contributed by atoms with Gasteiger partial charge in [-0.05, 0) is 12.5 Å². The molecule has 0 saturated heterocycles. The second kappa shape index (κ2) is 6.06. The number of carbonyl (C=O) groups is 1. The van der Waals surface area contributed by atoms with E-state index in [2.05, 4.69) is 10.3 Å². The maximum atomic E-state index is 10.8. The summed E-state index contributed by atoms with van der Waals surface area (Å²) in [5.74, 6) is -1.03. The van der Waals surface area contributed by atoms with Crippen molar-refractivity contribution in [3.8, 4) is 6.07 Å². The number of nitriles is 1. The van der Waals surface area contributed by atoms with Crippen LogP contribution in [-0.2, 0) is 4.79 Å². The highest BCUT2D eigenvalue weighted by Crippen LogP contribution is 2.23. The normalized spacial score (nSPS) is 11.6. The smallest absolute Gasteiger partial charge is 0.308 e. The number of aromatic nitrogens is 1. The van der Waals surface area contributed by atoms with E-state index >= 15 is 0 Å². The van der Waals surface area contributed by atoms with Gasteiger partial charge in [-0.3, -0.25) is 4.79 Å². The lowest BCUT2D eigenvalue weighted by molar-refractivity contribution is -0.141. The molecule has 1 aromatic heterocycles. The minimum atomic E-state index is -0.868. The third kappa shape index (κ3) is 3.33. The van der Waals surface area contributed by atoms with Gasteiger partial charge < -0.3 is 10.4 Å². The van der Waals surface area contributed by atoms with Crippen LogP contribution in [0.2, 0.25) is 5.02 Å². The summed E-state index contributed by atoms with van der Waals surface area (Å²) in [6.45, 7) is 2.02. The molecular weight excluding hydrogens is 242 g/mol. The molecule has 0 saturated carbocycles.